The Bertz CT molecular complexity index is 1300. The molecule has 4 aromatic rings. The van der Waals surface area contributed by atoms with E-state index in [9.17, 15) is 9.59 Å². The van der Waals surface area contributed by atoms with Gasteiger partial charge in [0.05, 0.1) is 23.0 Å². The van der Waals surface area contributed by atoms with Crippen LogP contribution in [-0.4, -0.2) is 10.5 Å². The minimum atomic E-state index is -0.591. The second kappa shape index (κ2) is 7.02. The van der Waals surface area contributed by atoms with Gasteiger partial charge in [0.25, 0.3) is 11.5 Å². The summed E-state index contributed by atoms with van der Waals surface area (Å²) in [5.74, 6) is -0.591. The Kier molecular flexibility index (Phi) is 4.39. The summed E-state index contributed by atoms with van der Waals surface area (Å²) in [7, 11) is 0. The van der Waals surface area contributed by atoms with E-state index in [4.69, 9.17) is 11.0 Å². The third-order valence-corrected chi connectivity index (χ3v) is 5.45. The summed E-state index contributed by atoms with van der Waals surface area (Å²) in [5.41, 5.74) is 7.77. The molecule has 0 aliphatic carbocycles. The van der Waals surface area contributed by atoms with Crippen molar-refractivity contribution < 1.29 is 4.79 Å². The topological polar surface area (TPSA) is 101 Å². The first-order valence-electron chi connectivity index (χ1n) is 8.39. The number of rotatable bonds is 4. The predicted octanol–water partition coefficient (Wildman–Crippen LogP) is 3.77. The monoisotopic (exact) mass is 386 g/mol. The van der Waals surface area contributed by atoms with Crippen molar-refractivity contribution in [2.75, 3.05) is 5.32 Å². The lowest BCUT2D eigenvalue weighted by molar-refractivity contribution is 0.100. The smallest absolute Gasteiger partial charge is 0.261 e. The summed E-state index contributed by atoms with van der Waals surface area (Å²) in [5, 5.41) is 13.0. The first-order valence-corrected chi connectivity index (χ1v) is 9.21. The fourth-order valence-corrected chi connectivity index (χ4v) is 4.14. The van der Waals surface area contributed by atoms with Gasteiger partial charge in [0.15, 0.2) is 0 Å². The van der Waals surface area contributed by atoms with E-state index in [1.54, 1.807) is 34.9 Å². The number of para-hydroxylation sites is 1. The van der Waals surface area contributed by atoms with Crippen LogP contribution < -0.4 is 16.6 Å². The number of hydrogen-bond donors (Lipinski definition) is 2. The number of thiophene rings is 1. The molecule has 0 fully saturated rings. The molecule has 3 N–H and O–H groups in total. The van der Waals surface area contributed by atoms with Crippen LogP contribution >= 0.6 is 11.3 Å². The highest BCUT2D eigenvalue weighted by Gasteiger charge is 2.20. The number of aromatic nitrogens is 1. The molecule has 0 bridgehead atoms. The van der Waals surface area contributed by atoms with Gasteiger partial charge in [-0.05, 0) is 36.4 Å². The first kappa shape index (κ1) is 17.5. The highest BCUT2D eigenvalue weighted by Crippen LogP contribution is 2.37. The third-order valence-electron chi connectivity index (χ3n) is 4.24. The average molecular weight is 386 g/mol. The van der Waals surface area contributed by atoms with E-state index in [0.717, 1.165) is 11.3 Å². The number of anilines is 2. The minimum absolute atomic E-state index is 0.200. The number of nitrogens with zero attached hydrogens (tertiary/aromatic N) is 2. The van der Waals surface area contributed by atoms with Crippen molar-refractivity contribution in [1.82, 2.24) is 4.57 Å². The van der Waals surface area contributed by atoms with Crippen molar-refractivity contribution in [2.24, 2.45) is 5.73 Å². The van der Waals surface area contributed by atoms with Crippen molar-refractivity contribution in [2.45, 2.75) is 0 Å². The molecule has 1 amide bonds. The molecule has 0 saturated carbocycles. The lowest BCUT2D eigenvalue weighted by Gasteiger charge is -2.09. The number of nitrogens with one attached hydrogen (secondary N) is 1. The molecule has 0 atom stereocenters. The molecule has 2 aromatic carbocycles. The van der Waals surface area contributed by atoms with Gasteiger partial charge in [-0.2, -0.15) is 5.26 Å². The standard InChI is InChI=1S/C21H14N4O2S/c22-12-13-5-4-6-14(11-13)24-18-16-9-10-17(26)25(15-7-2-1-3-8-15)21(16)28-19(18)20(23)27/h1-11,24H,(H2,23,27). The summed E-state index contributed by atoms with van der Waals surface area (Å²) in [4.78, 5) is 25.6. The van der Waals surface area contributed by atoms with Gasteiger partial charge in [-0.1, -0.05) is 24.3 Å². The van der Waals surface area contributed by atoms with Gasteiger partial charge in [0.1, 0.15) is 9.71 Å². The van der Waals surface area contributed by atoms with E-state index in [2.05, 4.69) is 11.4 Å². The van der Waals surface area contributed by atoms with Gasteiger partial charge in [-0.3, -0.25) is 14.2 Å². The number of nitriles is 1. The van der Waals surface area contributed by atoms with Gasteiger partial charge in [-0.25, -0.2) is 0 Å². The molecular weight excluding hydrogens is 372 g/mol. The highest BCUT2D eigenvalue weighted by atomic mass is 32.1. The van der Waals surface area contributed by atoms with Crippen molar-refractivity contribution in [3.05, 3.63) is 87.5 Å². The summed E-state index contributed by atoms with van der Waals surface area (Å²) in [6.07, 6.45) is 0. The maximum absolute atomic E-state index is 12.6. The molecule has 4 rings (SSSR count). The zero-order valence-corrected chi connectivity index (χ0v) is 15.4. The number of pyridine rings is 1. The Morgan fingerprint density at radius 1 is 1.07 bits per heavy atom. The van der Waals surface area contributed by atoms with Gasteiger partial charge in [0.2, 0.25) is 0 Å². The van der Waals surface area contributed by atoms with E-state index in [1.165, 1.54) is 6.07 Å². The number of nitrogens with two attached hydrogens (primary N) is 1. The second-order valence-electron chi connectivity index (χ2n) is 6.05. The molecule has 6 nitrogen and oxygen atoms in total. The van der Waals surface area contributed by atoms with Crippen LogP contribution in [0.15, 0.2) is 71.5 Å². The second-order valence-corrected chi connectivity index (χ2v) is 7.05. The van der Waals surface area contributed by atoms with E-state index in [0.29, 0.717) is 37.7 Å². The SMILES string of the molecule is N#Cc1cccc(Nc2c(C(N)=O)sc3c2ccc(=O)n3-c2ccccc2)c1. The van der Waals surface area contributed by atoms with Gasteiger partial charge < -0.3 is 11.1 Å². The number of amides is 1. The Hall–Kier alpha value is -3.89. The molecule has 0 aliphatic heterocycles. The zero-order valence-electron chi connectivity index (χ0n) is 14.5. The molecule has 7 heteroatoms. The minimum Gasteiger partial charge on any atom is -0.365 e. The zero-order chi connectivity index (χ0) is 19.7. The van der Waals surface area contributed by atoms with E-state index in [-0.39, 0.29) is 5.56 Å². The van der Waals surface area contributed by atoms with Crippen LogP contribution in [0.1, 0.15) is 15.2 Å². The summed E-state index contributed by atoms with van der Waals surface area (Å²) < 4.78 is 1.56. The molecule has 0 saturated heterocycles. The average Bonchev–Trinajstić information content (AvgIpc) is 3.07. The Labute approximate surface area is 164 Å². The number of fused-ring (bicyclic) bond motifs is 1. The van der Waals surface area contributed by atoms with Crippen LogP contribution in [0.4, 0.5) is 11.4 Å². The van der Waals surface area contributed by atoms with Crippen LogP contribution in [-0.2, 0) is 0 Å². The molecule has 0 aliphatic rings. The number of carbonyl (C=O) groups is 1. The Morgan fingerprint density at radius 3 is 2.57 bits per heavy atom. The fraction of sp³-hybridized carbons (Fsp3) is 0. The van der Waals surface area contributed by atoms with Crippen molar-refractivity contribution in [3.8, 4) is 11.8 Å². The number of primary amides is 1. The lowest BCUT2D eigenvalue weighted by atomic mass is 10.2. The van der Waals surface area contributed by atoms with Crippen LogP contribution in [0, 0.1) is 11.3 Å². The van der Waals surface area contributed by atoms with E-state index in [1.807, 2.05) is 30.3 Å². The van der Waals surface area contributed by atoms with Crippen molar-refractivity contribution in [3.63, 3.8) is 0 Å². The van der Waals surface area contributed by atoms with Gasteiger partial charge in [0, 0.05) is 17.1 Å². The molecular formula is C21H14N4O2S. The molecule has 2 aromatic heterocycles. The normalized spacial score (nSPS) is 10.5. The summed E-state index contributed by atoms with van der Waals surface area (Å²) >= 11 is 1.16. The van der Waals surface area contributed by atoms with Crippen LogP contribution in [0.2, 0.25) is 0 Å². The maximum atomic E-state index is 12.6. The first-order chi connectivity index (χ1) is 13.6. The summed E-state index contributed by atoms with van der Waals surface area (Å²) in [6.45, 7) is 0. The molecule has 0 spiro atoms. The van der Waals surface area contributed by atoms with Crippen LogP contribution in [0.5, 0.6) is 0 Å². The molecule has 0 radical (unpaired) electrons. The maximum Gasteiger partial charge on any atom is 0.261 e. The van der Waals surface area contributed by atoms with Gasteiger partial charge >= 0.3 is 0 Å². The number of benzene rings is 2. The summed E-state index contributed by atoms with van der Waals surface area (Å²) in [6, 6.07) is 21.4. The predicted molar refractivity (Wildman–Crippen MR) is 110 cm³/mol. The highest BCUT2D eigenvalue weighted by molar-refractivity contribution is 7.21. The van der Waals surface area contributed by atoms with Gasteiger partial charge in [-0.15, -0.1) is 11.3 Å². The van der Waals surface area contributed by atoms with Crippen LogP contribution in [0.25, 0.3) is 15.9 Å². The number of hydrogen-bond acceptors (Lipinski definition) is 5. The van der Waals surface area contributed by atoms with E-state index >= 15 is 0 Å². The Morgan fingerprint density at radius 2 is 1.86 bits per heavy atom. The molecule has 0 unspecified atom stereocenters. The molecule has 28 heavy (non-hydrogen) atoms. The number of carbonyl (C=O) groups excluding carboxylic acids is 1. The quantitative estimate of drug-likeness (QED) is 0.557. The lowest BCUT2D eigenvalue weighted by Crippen LogP contribution is -2.16. The van der Waals surface area contributed by atoms with Crippen molar-refractivity contribution in [1.29, 1.82) is 5.26 Å². The molecule has 2 heterocycles. The van der Waals surface area contributed by atoms with Crippen LogP contribution in [0.3, 0.4) is 0 Å². The Balaban J connectivity index is 1.96. The van der Waals surface area contributed by atoms with Crippen molar-refractivity contribution >= 4 is 38.8 Å². The largest absolute Gasteiger partial charge is 0.365 e. The fourth-order valence-electron chi connectivity index (χ4n) is 3.01. The van der Waals surface area contributed by atoms with E-state index < -0.39 is 5.91 Å². The third kappa shape index (κ3) is 3.02. The molecule has 136 valence electrons.